The standard InChI is InChI=1S/C16H24FN3S/c1-20(15-5-7-21-8-6-15)11-13-10-18-19-16(13)12-3-2-4-14(17)9-12/h2-4,9,13,15-16,18-19H,5-8,10-11H2,1H3. The average Bonchev–Trinajstić information content (AvgIpc) is 2.96. The Labute approximate surface area is 130 Å². The van der Waals surface area contributed by atoms with E-state index >= 15 is 0 Å². The zero-order valence-corrected chi connectivity index (χ0v) is 13.3. The van der Waals surface area contributed by atoms with Crippen LogP contribution in [-0.4, -0.2) is 42.6 Å². The Bertz CT molecular complexity index is 465. The van der Waals surface area contributed by atoms with Crippen LogP contribution in [0.1, 0.15) is 24.4 Å². The fraction of sp³-hybridized carbons (Fsp3) is 0.625. The number of hydrazine groups is 1. The van der Waals surface area contributed by atoms with Crippen molar-refractivity contribution in [3.8, 4) is 0 Å². The van der Waals surface area contributed by atoms with Gasteiger partial charge in [-0.2, -0.15) is 11.8 Å². The molecule has 0 spiro atoms. The Morgan fingerprint density at radius 1 is 1.33 bits per heavy atom. The summed E-state index contributed by atoms with van der Waals surface area (Å²) in [6.07, 6.45) is 2.58. The summed E-state index contributed by atoms with van der Waals surface area (Å²) in [5.74, 6) is 2.89. The first kappa shape index (κ1) is 15.3. The van der Waals surface area contributed by atoms with Crippen LogP contribution in [0.4, 0.5) is 4.39 Å². The van der Waals surface area contributed by atoms with E-state index in [1.165, 1.54) is 30.4 Å². The molecule has 1 aromatic rings. The molecule has 5 heteroatoms. The first-order valence-corrected chi connectivity index (χ1v) is 8.91. The zero-order chi connectivity index (χ0) is 14.7. The Morgan fingerprint density at radius 3 is 2.90 bits per heavy atom. The highest BCUT2D eigenvalue weighted by Crippen LogP contribution is 2.28. The maximum absolute atomic E-state index is 13.4. The van der Waals surface area contributed by atoms with Crippen molar-refractivity contribution in [3.05, 3.63) is 35.6 Å². The summed E-state index contributed by atoms with van der Waals surface area (Å²) in [5, 5.41) is 0. The van der Waals surface area contributed by atoms with E-state index in [0.29, 0.717) is 12.0 Å². The summed E-state index contributed by atoms with van der Waals surface area (Å²) in [6, 6.07) is 7.87. The van der Waals surface area contributed by atoms with Gasteiger partial charge in [0, 0.05) is 25.0 Å². The number of halogens is 1. The summed E-state index contributed by atoms with van der Waals surface area (Å²) in [7, 11) is 2.24. The van der Waals surface area contributed by atoms with Crippen molar-refractivity contribution in [2.75, 3.05) is 31.6 Å². The van der Waals surface area contributed by atoms with E-state index in [2.05, 4.69) is 34.6 Å². The highest BCUT2D eigenvalue weighted by molar-refractivity contribution is 7.99. The predicted molar refractivity (Wildman–Crippen MR) is 86.7 cm³/mol. The normalized spacial score (nSPS) is 27.4. The third-order valence-corrected chi connectivity index (χ3v) is 5.69. The van der Waals surface area contributed by atoms with E-state index in [0.717, 1.165) is 18.7 Å². The molecule has 2 fully saturated rings. The molecule has 3 rings (SSSR count). The monoisotopic (exact) mass is 309 g/mol. The molecular formula is C16H24FN3S. The lowest BCUT2D eigenvalue weighted by molar-refractivity contribution is 0.192. The van der Waals surface area contributed by atoms with Crippen LogP contribution in [0.3, 0.4) is 0 Å². The minimum atomic E-state index is -0.155. The number of thioether (sulfide) groups is 1. The van der Waals surface area contributed by atoms with Crippen LogP contribution < -0.4 is 10.9 Å². The third kappa shape index (κ3) is 3.77. The molecule has 2 aliphatic rings. The SMILES string of the molecule is CN(CC1CNNC1c1cccc(F)c1)C1CCSCC1. The maximum atomic E-state index is 13.4. The van der Waals surface area contributed by atoms with E-state index in [4.69, 9.17) is 0 Å². The summed E-state index contributed by atoms with van der Waals surface area (Å²) >= 11 is 2.06. The van der Waals surface area contributed by atoms with Crippen molar-refractivity contribution < 1.29 is 4.39 Å². The average molecular weight is 309 g/mol. The summed E-state index contributed by atoms with van der Waals surface area (Å²) in [4.78, 5) is 2.51. The highest BCUT2D eigenvalue weighted by Gasteiger charge is 2.31. The van der Waals surface area contributed by atoms with Gasteiger partial charge in [-0.25, -0.2) is 9.82 Å². The molecular weight excluding hydrogens is 285 g/mol. The Kier molecular flexibility index (Phi) is 5.16. The van der Waals surface area contributed by atoms with Gasteiger partial charge in [0.1, 0.15) is 5.82 Å². The highest BCUT2D eigenvalue weighted by atomic mass is 32.2. The first-order valence-electron chi connectivity index (χ1n) is 7.76. The van der Waals surface area contributed by atoms with Crippen molar-refractivity contribution in [3.63, 3.8) is 0 Å². The van der Waals surface area contributed by atoms with E-state index in [1.54, 1.807) is 12.1 Å². The molecule has 1 aromatic carbocycles. The molecule has 0 saturated carbocycles. The molecule has 3 nitrogen and oxygen atoms in total. The molecule has 116 valence electrons. The molecule has 0 bridgehead atoms. The summed E-state index contributed by atoms with van der Waals surface area (Å²) < 4.78 is 13.4. The van der Waals surface area contributed by atoms with Gasteiger partial charge < -0.3 is 4.90 Å². The summed E-state index contributed by atoms with van der Waals surface area (Å²) in [6.45, 7) is 1.99. The molecule has 21 heavy (non-hydrogen) atoms. The Morgan fingerprint density at radius 2 is 2.14 bits per heavy atom. The Hall–Kier alpha value is -0.620. The lowest BCUT2D eigenvalue weighted by Crippen LogP contribution is -2.39. The van der Waals surface area contributed by atoms with Crippen LogP contribution in [-0.2, 0) is 0 Å². The fourth-order valence-electron chi connectivity index (χ4n) is 3.41. The topological polar surface area (TPSA) is 27.3 Å². The van der Waals surface area contributed by atoms with E-state index in [-0.39, 0.29) is 11.9 Å². The van der Waals surface area contributed by atoms with Gasteiger partial charge in [-0.1, -0.05) is 12.1 Å². The minimum absolute atomic E-state index is 0.155. The molecule has 2 aliphatic heterocycles. The van der Waals surface area contributed by atoms with Gasteiger partial charge >= 0.3 is 0 Å². The van der Waals surface area contributed by atoms with Crippen molar-refractivity contribution in [1.82, 2.24) is 15.8 Å². The zero-order valence-electron chi connectivity index (χ0n) is 12.5. The summed E-state index contributed by atoms with van der Waals surface area (Å²) in [5.41, 5.74) is 7.60. The van der Waals surface area contributed by atoms with Gasteiger partial charge in [-0.05, 0) is 49.1 Å². The van der Waals surface area contributed by atoms with Crippen LogP contribution in [0, 0.1) is 11.7 Å². The van der Waals surface area contributed by atoms with Crippen molar-refractivity contribution >= 4 is 11.8 Å². The van der Waals surface area contributed by atoms with Gasteiger partial charge in [0.25, 0.3) is 0 Å². The van der Waals surface area contributed by atoms with Crippen molar-refractivity contribution in [2.45, 2.75) is 24.9 Å². The molecule has 2 unspecified atom stereocenters. The molecule has 0 aliphatic carbocycles. The largest absolute Gasteiger partial charge is 0.303 e. The predicted octanol–water partition coefficient (Wildman–Crippen LogP) is 2.42. The van der Waals surface area contributed by atoms with Crippen molar-refractivity contribution in [1.29, 1.82) is 0 Å². The van der Waals surface area contributed by atoms with Crippen LogP contribution in [0.25, 0.3) is 0 Å². The quantitative estimate of drug-likeness (QED) is 0.893. The molecule has 2 atom stereocenters. The number of rotatable bonds is 4. The number of benzene rings is 1. The molecule has 2 heterocycles. The van der Waals surface area contributed by atoms with E-state index in [9.17, 15) is 4.39 Å². The van der Waals surface area contributed by atoms with Gasteiger partial charge in [0.05, 0.1) is 6.04 Å². The second kappa shape index (κ2) is 7.09. The van der Waals surface area contributed by atoms with Gasteiger partial charge in [0.15, 0.2) is 0 Å². The molecule has 2 N–H and O–H groups in total. The lowest BCUT2D eigenvalue weighted by Gasteiger charge is -2.33. The van der Waals surface area contributed by atoms with Crippen LogP contribution in [0.15, 0.2) is 24.3 Å². The van der Waals surface area contributed by atoms with Crippen LogP contribution in [0.5, 0.6) is 0 Å². The maximum Gasteiger partial charge on any atom is 0.123 e. The lowest BCUT2D eigenvalue weighted by atomic mass is 9.93. The number of nitrogens with zero attached hydrogens (tertiary/aromatic N) is 1. The number of nitrogens with one attached hydrogen (secondary N) is 2. The fourth-order valence-corrected chi connectivity index (χ4v) is 4.49. The van der Waals surface area contributed by atoms with Gasteiger partial charge in [-0.15, -0.1) is 0 Å². The second-order valence-corrected chi connectivity index (χ2v) is 7.33. The smallest absolute Gasteiger partial charge is 0.123 e. The van der Waals surface area contributed by atoms with Gasteiger partial charge in [-0.3, -0.25) is 5.43 Å². The van der Waals surface area contributed by atoms with E-state index in [1.807, 2.05) is 6.07 Å². The number of hydrogen-bond acceptors (Lipinski definition) is 4. The Balaban J connectivity index is 1.63. The second-order valence-electron chi connectivity index (χ2n) is 6.10. The third-order valence-electron chi connectivity index (χ3n) is 4.64. The van der Waals surface area contributed by atoms with E-state index < -0.39 is 0 Å². The van der Waals surface area contributed by atoms with Crippen LogP contribution in [0.2, 0.25) is 0 Å². The molecule has 0 amide bonds. The molecule has 2 saturated heterocycles. The molecule has 0 radical (unpaired) electrons. The number of hydrogen-bond donors (Lipinski definition) is 2. The minimum Gasteiger partial charge on any atom is -0.303 e. The van der Waals surface area contributed by atoms with Gasteiger partial charge in [0.2, 0.25) is 0 Å². The molecule has 0 aromatic heterocycles. The first-order chi connectivity index (χ1) is 10.2. The van der Waals surface area contributed by atoms with Crippen molar-refractivity contribution in [2.24, 2.45) is 5.92 Å². The van der Waals surface area contributed by atoms with Crippen LogP contribution >= 0.6 is 11.8 Å².